The molecule has 2 N–H and O–H groups in total. The van der Waals surface area contributed by atoms with Gasteiger partial charge in [0.05, 0.1) is 29.7 Å². The summed E-state index contributed by atoms with van der Waals surface area (Å²) in [6.07, 6.45) is -0.880. The zero-order valence-corrected chi connectivity index (χ0v) is 25.7. The number of morpholine rings is 1. The number of ether oxygens (including phenoxy) is 3. The number of hydrogen-bond acceptors (Lipinski definition) is 12. The van der Waals surface area contributed by atoms with Crippen molar-refractivity contribution >= 4 is 38.8 Å². The molecule has 13 nitrogen and oxygen atoms in total. The van der Waals surface area contributed by atoms with Crippen LogP contribution >= 0.6 is 0 Å². The average molecular weight is 654 g/mol. The van der Waals surface area contributed by atoms with Crippen LogP contribution in [-0.4, -0.2) is 78.5 Å². The van der Waals surface area contributed by atoms with Gasteiger partial charge in [-0.15, -0.1) is 0 Å². The van der Waals surface area contributed by atoms with Gasteiger partial charge in [-0.2, -0.15) is 18.2 Å². The Morgan fingerprint density at radius 3 is 2.29 bits per heavy atom. The topological polar surface area (TPSA) is 158 Å². The van der Waals surface area contributed by atoms with E-state index >= 15 is 0 Å². The molecule has 5 rings (SSSR count). The number of pyridine rings is 2. The van der Waals surface area contributed by atoms with E-state index in [1.807, 2.05) is 9.62 Å². The normalized spacial score (nSPS) is 19.6. The molecule has 0 unspecified atom stereocenters. The van der Waals surface area contributed by atoms with E-state index in [0.29, 0.717) is 68.7 Å². The van der Waals surface area contributed by atoms with E-state index in [9.17, 15) is 26.4 Å². The Hall–Kier alpha value is -3.99. The van der Waals surface area contributed by atoms with E-state index in [4.69, 9.17) is 19.2 Å². The Morgan fingerprint density at radius 2 is 1.67 bits per heavy atom. The zero-order valence-electron chi connectivity index (χ0n) is 24.9. The van der Waals surface area contributed by atoms with Crippen molar-refractivity contribution in [1.82, 2.24) is 24.7 Å². The largest absolute Gasteiger partial charge is 0.474 e. The van der Waals surface area contributed by atoms with Gasteiger partial charge in [-0.1, -0.05) is 0 Å². The van der Waals surface area contributed by atoms with Gasteiger partial charge in [-0.25, -0.2) is 27.9 Å². The maximum atomic E-state index is 13.0. The lowest BCUT2D eigenvalue weighted by Gasteiger charge is -2.31. The standard InChI is InChI=1S/C28H34F3N7O6S/c1-27(2,3)44-26(39)37-45(40,41)20-12-21-22(32-16-20)13-23(38-8-10-42-11-9-38)36-24(21)43-19-6-4-18(5-7-19)35-25-33-14-17(15-34-25)28(29,30)31/h12-16,18-19H,4-11H2,1-3H3,(H,37,39)(H,33,34,35). The second-order valence-corrected chi connectivity index (χ2v) is 13.4. The molecule has 0 spiro atoms. The Labute approximate surface area is 257 Å². The lowest BCUT2D eigenvalue weighted by Crippen LogP contribution is -2.37. The minimum absolute atomic E-state index is 0.0803. The van der Waals surface area contributed by atoms with Crippen molar-refractivity contribution < 1.29 is 40.6 Å². The molecule has 3 aromatic rings. The zero-order chi connectivity index (χ0) is 32.4. The molecule has 1 aliphatic heterocycles. The summed E-state index contributed by atoms with van der Waals surface area (Å²) in [7, 11) is -4.33. The van der Waals surface area contributed by atoms with Gasteiger partial charge in [-0.3, -0.25) is 4.98 Å². The number of sulfonamides is 1. The number of halogens is 3. The summed E-state index contributed by atoms with van der Waals surface area (Å²) in [6, 6.07) is 3.02. The Kier molecular flexibility index (Phi) is 9.21. The Bertz CT molecular complexity index is 1620. The number of alkyl halides is 3. The van der Waals surface area contributed by atoms with Crippen molar-refractivity contribution in [3.8, 4) is 5.88 Å². The second kappa shape index (κ2) is 12.8. The molecular weight excluding hydrogens is 619 g/mol. The molecule has 1 saturated heterocycles. The van der Waals surface area contributed by atoms with E-state index in [1.54, 1.807) is 26.8 Å². The van der Waals surface area contributed by atoms with E-state index in [1.165, 1.54) is 6.07 Å². The third-order valence-corrected chi connectivity index (χ3v) is 8.41. The van der Waals surface area contributed by atoms with Crippen LogP contribution < -0.4 is 19.7 Å². The number of hydrogen-bond donors (Lipinski definition) is 2. The Balaban J connectivity index is 1.34. The van der Waals surface area contributed by atoms with Gasteiger partial charge >= 0.3 is 12.3 Å². The van der Waals surface area contributed by atoms with Crippen LogP contribution in [-0.2, 0) is 25.7 Å². The van der Waals surface area contributed by atoms with Gasteiger partial charge in [0.25, 0.3) is 10.0 Å². The summed E-state index contributed by atoms with van der Waals surface area (Å²) in [6.45, 7) is 7.10. The average Bonchev–Trinajstić information content (AvgIpc) is 2.97. The number of nitrogens with zero attached hydrogens (tertiary/aromatic N) is 5. The number of carbonyl (C=O) groups is 1. The fraction of sp³-hybridized carbons (Fsp3) is 0.536. The first-order chi connectivity index (χ1) is 21.2. The third kappa shape index (κ3) is 8.39. The first kappa shape index (κ1) is 32.4. The number of rotatable bonds is 7. The van der Waals surface area contributed by atoms with Crippen molar-refractivity contribution in [3.63, 3.8) is 0 Å². The maximum absolute atomic E-state index is 13.0. The molecule has 2 fully saturated rings. The van der Waals surface area contributed by atoms with Crippen LogP contribution in [0.15, 0.2) is 35.6 Å². The summed E-state index contributed by atoms with van der Waals surface area (Å²) in [5.41, 5.74) is -1.37. The number of anilines is 2. The van der Waals surface area contributed by atoms with Gasteiger partial charge in [0.2, 0.25) is 11.8 Å². The molecule has 1 saturated carbocycles. The molecule has 244 valence electrons. The monoisotopic (exact) mass is 653 g/mol. The summed E-state index contributed by atoms with van der Waals surface area (Å²) < 4.78 is 83.4. The van der Waals surface area contributed by atoms with E-state index in [2.05, 4.69) is 20.3 Å². The molecule has 3 aromatic heterocycles. The molecule has 0 radical (unpaired) electrons. The van der Waals surface area contributed by atoms with Gasteiger partial charge in [-0.05, 0) is 52.5 Å². The third-order valence-electron chi connectivity index (χ3n) is 7.13. The van der Waals surface area contributed by atoms with Crippen molar-refractivity contribution in [2.45, 2.75) is 75.3 Å². The number of aromatic nitrogens is 4. The van der Waals surface area contributed by atoms with Crippen LogP contribution in [0, 0.1) is 0 Å². The van der Waals surface area contributed by atoms with Crippen molar-refractivity contribution in [2.24, 2.45) is 0 Å². The number of fused-ring (bicyclic) bond motifs is 1. The molecular formula is C28H34F3N7O6S. The van der Waals surface area contributed by atoms with Crippen LogP contribution in [0.25, 0.3) is 10.9 Å². The van der Waals surface area contributed by atoms with Gasteiger partial charge in [0.1, 0.15) is 22.4 Å². The van der Waals surface area contributed by atoms with Gasteiger partial charge in [0, 0.05) is 43.8 Å². The molecule has 4 heterocycles. The highest BCUT2D eigenvalue weighted by atomic mass is 32.2. The summed E-state index contributed by atoms with van der Waals surface area (Å²) in [4.78, 5) is 30.7. The van der Waals surface area contributed by atoms with E-state index in [0.717, 1.165) is 18.6 Å². The van der Waals surface area contributed by atoms with Gasteiger partial charge < -0.3 is 24.4 Å². The molecule has 0 atom stereocenters. The second-order valence-electron chi connectivity index (χ2n) is 11.8. The summed E-state index contributed by atoms with van der Waals surface area (Å²) in [5, 5.41) is 3.42. The number of nitrogens with one attached hydrogen (secondary N) is 2. The predicted molar refractivity (Wildman–Crippen MR) is 156 cm³/mol. The highest BCUT2D eigenvalue weighted by molar-refractivity contribution is 7.90. The van der Waals surface area contributed by atoms with E-state index in [-0.39, 0.29) is 28.9 Å². The van der Waals surface area contributed by atoms with Crippen molar-refractivity contribution in [1.29, 1.82) is 0 Å². The fourth-order valence-electron chi connectivity index (χ4n) is 4.93. The summed E-state index contributed by atoms with van der Waals surface area (Å²) in [5.74, 6) is 0.905. The van der Waals surface area contributed by atoms with Crippen molar-refractivity contribution in [2.75, 3.05) is 36.5 Å². The first-order valence-electron chi connectivity index (χ1n) is 14.4. The van der Waals surface area contributed by atoms with Crippen LogP contribution in [0.4, 0.5) is 29.7 Å². The van der Waals surface area contributed by atoms with Crippen LogP contribution in [0.2, 0.25) is 0 Å². The minimum Gasteiger partial charge on any atom is -0.474 e. The number of amides is 1. The van der Waals surface area contributed by atoms with Crippen LogP contribution in [0.3, 0.4) is 0 Å². The Morgan fingerprint density at radius 1 is 1.00 bits per heavy atom. The lowest BCUT2D eigenvalue weighted by molar-refractivity contribution is -0.138. The van der Waals surface area contributed by atoms with Crippen LogP contribution in [0.1, 0.15) is 52.0 Å². The smallest absolute Gasteiger partial charge is 0.421 e. The highest BCUT2D eigenvalue weighted by Gasteiger charge is 2.32. The SMILES string of the molecule is CC(C)(C)OC(=O)NS(=O)(=O)c1cnc2cc(N3CCOCC3)nc(OC3CCC(Nc4ncc(C(F)(F)F)cn4)CC3)c2c1. The minimum atomic E-state index is -4.51. The highest BCUT2D eigenvalue weighted by Crippen LogP contribution is 2.33. The molecule has 1 aliphatic carbocycles. The molecule has 0 bridgehead atoms. The van der Waals surface area contributed by atoms with E-state index < -0.39 is 33.5 Å². The van der Waals surface area contributed by atoms with Crippen molar-refractivity contribution in [3.05, 3.63) is 36.3 Å². The van der Waals surface area contributed by atoms with Crippen LogP contribution in [0.5, 0.6) is 5.88 Å². The summed E-state index contributed by atoms with van der Waals surface area (Å²) >= 11 is 0. The fourth-order valence-corrected chi connectivity index (χ4v) is 5.78. The molecule has 1 amide bonds. The quantitative estimate of drug-likeness (QED) is 0.373. The van der Waals surface area contributed by atoms with Gasteiger partial charge in [0.15, 0.2) is 0 Å². The molecule has 17 heteroatoms. The molecule has 0 aromatic carbocycles. The predicted octanol–water partition coefficient (Wildman–Crippen LogP) is 4.29. The molecule has 45 heavy (non-hydrogen) atoms. The lowest BCUT2D eigenvalue weighted by atomic mass is 9.93. The maximum Gasteiger partial charge on any atom is 0.421 e. The number of carbonyl (C=O) groups excluding carboxylic acids is 1. The molecule has 2 aliphatic rings. The first-order valence-corrected chi connectivity index (χ1v) is 15.9.